The van der Waals surface area contributed by atoms with E-state index in [9.17, 15) is 4.79 Å². The molecule has 0 aromatic carbocycles. The number of hydrogen-bond acceptors (Lipinski definition) is 2. The topological polar surface area (TPSA) is 29.4 Å². The fraction of sp³-hybridized carbons (Fsp3) is 0.750. The van der Waals surface area contributed by atoms with Gasteiger partial charge in [-0.1, -0.05) is 0 Å². The van der Waals surface area contributed by atoms with E-state index in [-0.39, 0.29) is 0 Å². The van der Waals surface area contributed by atoms with Gasteiger partial charge in [0.15, 0.2) is 0 Å². The summed E-state index contributed by atoms with van der Waals surface area (Å²) in [6, 6.07) is 0. The molecule has 1 aliphatic carbocycles. The maximum Gasteiger partial charge on any atom is 0.133 e. The average Bonchev–Trinajstić information content (AvgIpc) is 1.95. The highest BCUT2D eigenvalue weighted by Crippen LogP contribution is 2.11. The highest BCUT2D eigenvalue weighted by atomic mass is 16.1. The Bertz CT molecular complexity index is 149. The Hall–Kier alpha value is -0.660. The standard InChI is InChI=1S/C8H13NO/c1-2-9-7-3-5-8(10)6-4-7/h2-6H2,1H3. The molecule has 0 aliphatic heterocycles. The maximum atomic E-state index is 10.8. The van der Waals surface area contributed by atoms with Gasteiger partial charge in [0.2, 0.25) is 0 Å². The van der Waals surface area contributed by atoms with Crippen LogP contribution in [0.15, 0.2) is 4.99 Å². The van der Waals surface area contributed by atoms with Crippen LogP contribution < -0.4 is 0 Å². The van der Waals surface area contributed by atoms with Crippen molar-refractivity contribution in [3.05, 3.63) is 0 Å². The SMILES string of the molecule is CCN=C1CCC(=O)CC1. The number of carbonyl (C=O) groups is 1. The summed E-state index contributed by atoms with van der Waals surface area (Å²) >= 11 is 0. The zero-order valence-electron chi connectivity index (χ0n) is 6.39. The Morgan fingerprint density at radius 1 is 1.30 bits per heavy atom. The van der Waals surface area contributed by atoms with E-state index in [2.05, 4.69) is 4.99 Å². The smallest absolute Gasteiger partial charge is 0.133 e. The van der Waals surface area contributed by atoms with Crippen molar-refractivity contribution < 1.29 is 4.79 Å². The van der Waals surface area contributed by atoms with E-state index in [1.165, 1.54) is 5.71 Å². The Labute approximate surface area is 61.3 Å². The monoisotopic (exact) mass is 139 g/mol. The van der Waals surface area contributed by atoms with Gasteiger partial charge in [0.1, 0.15) is 5.78 Å². The van der Waals surface area contributed by atoms with Gasteiger partial charge in [-0.25, -0.2) is 0 Å². The van der Waals surface area contributed by atoms with Gasteiger partial charge in [0.25, 0.3) is 0 Å². The minimum absolute atomic E-state index is 0.398. The third kappa shape index (κ3) is 1.94. The molecule has 0 heterocycles. The van der Waals surface area contributed by atoms with Crippen LogP contribution in [0, 0.1) is 0 Å². The molecule has 0 radical (unpaired) electrons. The third-order valence-electron chi connectivity index (χ3n) is 1.77. The summed E-state index contributed by atoms with van der Waals surface area (Å²) in [7, 11) is 0. The second kappa shape index (κ2) is 3.49. The molecular formula is C8H13NO. The summed E-state index contributed by atoms with van der Waals surface area (Å²) in [6.07, 6.45) is 3.26. The molecule has 0 aromatic heterocycles. The van der Waals surface area contributed by atoms with Gasteiger partial charge >= 0.3 is 0 Å². The van der Waals surface area contributed by atoms with Crippen LogP contribution >= 0.6 is 0 Å². The normalized spacial score (nSPS) is 19.3. The van der Waals surface area contributed by atoms with Crippen LogP contribution in [0.3, 0.4) is 0 Å². The van der Waals surface area contributed by atoms with E-state index in [0.29, 0.717) is 5.78 Å². The predicted molar refractivity (Wildman–Crippen MR) is 41.5 cm³/mol. The third-order valence-corrected chi connectivity index (χ3v) is 1.77. The van der Waals surface area contributed by atoms with Gasteiger partial charge in [-0.2, -0.15) is 0 Å². The van der Waals surface area contributed by atoms with Crippen molar-refractivity contribution in [1.29, 1.82) is 0 Å². The summed E-state index contributed by atoms with van der Waals surface area (Å²) in [5.74, 6) is 0.398. The molecule has 0 amide bonds. The first kappa shape index (κ1) is 7.45. The Balaban J connectivity index is 2.39. The molecule has 0 atom stereocenters. The number of Topliss-reactive ketones (excluding diaryl/α,β-unsaturated/α-hetero) is 1. The summed E-state index contributed by atoms with van der Waals surface area (Å²) in [5.41, 5.74) is 1.24. The zero-order valence-corrected chi connectivity index (χ0v) is 6.39. The molecule has 0 aromatic rings. The van der Waals surface area contributed by atoms with E-state index in [0.717, 1.165) is 32.2 Å². The summed E-state index contributed by atoms with van der Waals surface area (Å²) < 4.78 is 0. The number of aliphatic imine (C=N–C) groups is 1. The molecule has 1 saturated carbocycles. The molecule has 1 fully saturated rings. The Morgan fingerprint density at radius 3 is 2.40 bits per heavy atom. The molecule has 0 saturated heterocycles. The number of rotatable bonds is 1. The van der Waals surface area contributed by atoms with Crippen LogP contribution in [-0.2, 0) is 4.79 Å². The first-order valence-electron chi connectivity index (χ1n) is 3.87. The summed E-state index contributed by atoms with van der Waals surface area (Å²) in [5, 5.41) is 0. The van der Waals surface area contributed by atoms with E-state index in [1.807, 2.05) is 6.92 Å². The van der Waals surface area contributed by atoms with Crippen molar-refractivity contribution in [3.8, 4) is 0 Å². The second-order valence-electron chi connectivity index (χ2n) is 2.58. The lowest BCUT2D eigenvalue weighted by atomic mass is 9.97. The highest BCUT2D eigenvalue weighted by molar-refractivity contribution is 5.95. The summed E-state index contributed by atoms with van der Waals surface area (Å²) in [4.78, 5) is 15.0. The van der Waals surface area contributed by atoms with Crippen molar-refractivity contribution in [2.45, 2.75) is 32.6 Å². The lowest BCUT2D eigenvalue weighted by Crippen LogP contribution is -2.13. The molecule has 0 bridgehead atoms. The van der Waals surface area contributed by atoms with Crippen LogP contribution in [0.1, 0.15) is 32.6 Å². The highest BCUT2D eigenvalue weighted by Gasteiger charge is 2.12. The lowest BCUT2D eigenvalue weighted by molar-refractivity contribution is -0.119. The number of carbonyl (C=O) groups excluding carboxylic acids is 1. The van der Waals surface area contributed by atoms with E-state index in [4.69, 9.17) is 0 Å². The van der Waals surface area contributed by atoms with Crippen molar-refractivity contribution >= 4 is 11.5 Å². The van der Waals surface area contributed by atoms with E-state index in [1.54, 1.807) is 0 Å². The van der Waals surface area contributed by atoms with Crippen LogP contribution in [0.4, 0.5) is 0 Å². The second-order valence-corrected chi connectivity index (χ2v) is 2.58. The number of hydrogen-bond donors (Lipinski definition) is 0. The van der Waals surface area contributed by atoms with Crippen molar-refractivity contribution in [3.63, 3.8) is 0 Å². The van der Waals surface area contributed by atoms with Crippen molar-refractivity contribution in [2.24, 2.45) is 4.99 Å². The lowest BCUT2D eigenvalue weighted by Gasteiger charge is -2.10. The molecule has 0 unspecified atom stereocenters. The van der Waals surface area contributed by atoms with Crippen molar-refractivity contribution in [1.82, 2.24) is 0 Å². The number of nitrogens with zero attached hydrogens (tertiary/aromatic N) is 1. The van der Waals surface area contributed by atoms with Crippen LogP contribution in [-0.4, -0.2) is 18.0 Å². The minimum atomic E-state index is 0.398. The molecule has 10 heavy (non-hydrogen) atoms. The molecular weight excluding hydrogens is 126 g/mol. The quantitative estimate of drug-likeness (QED) is 0.542. The number of ketones is 1. The maximum absolute atomic E-state index is 10.8. The average molecular weight is 139 g/mol. The fourth-order valence-electron chi connectivity index (χ4n) is 1.20. The van der Waals surface area contributed by atoms with Gasteiger partial charge in [-0.15, -0.1) is 0 Å². The predicted octanol–water partition coefficient (Wildman–Crippen LogP) is 1.59. The van der Waals surface area contributed by atoms with Gasteiger partial charge in [-0.3, -0.25) is 9.79 Å². The van der Waals surface area contributed by atoms with Crippen molar-refractivity contribution in [2.75, 3.05) is 6.54 Å². The van der Waals surface area contributed by atoms with Gasteiger partial charge in [0.05, 0.1) is 0 Å². The first-order chi connectivity index (χ1) is 4.83. The fourth-order valence-corrected chi connectivity index (χ4v) is 1.20. The molecule has 1 aliphatic rings. The molecule has 0 spiro atoms. The molecule has 56 valence electrons. The molecule has 0 N–H and O–H groups in total. The van der Waals surface area contributed by atoms with Crippen LogP contribution in [0.25, 0.3) is 0 Å². The van der Waals surface area contributed by atoms with Crippen LogP contribution in [0.2, 0.25) is 0 Å². The van der Waals surface area contributed by atoms with Gasteiger partial charge in [0, 0.05) is 25.1 Å². The van der Waals surface area contributed by atoms with Gasteiger partial charge < -0.3 is 0 Å². The summed E-state index contributed by atoms with van der Waals surface area (Å²) in [6.45, 7) is 2.90. The molecule has 2 nitrogen and oxygen atoms in total. The zero-order chi connectivity index (χ0) is 7.40. The van der Waals surface area contributed by atoms with Crippen LogP contribution in [0.5, 0.6) is 0 Å². The Morgan fingerprint density at radius 2 is 1.90 bits per heavy atom. The Kier molecular flexibility index (Phi) is 2.60. The molecule has 1 rings (SSSR count). The van der Waals surface area contributed by atoms with E-state index < -0.39 is 0 Å². The van der Waals surface area contributed by atoms with E-state index >= 15 is 0 Å². The molecule has 2 heteroatoms. The minimum Gasteiger partial charge on any atom is -0.300 e. The largest absolute Gasteiger partial charge is 0.300 e. The first-order valence-corrected chi connectivity index (χ1v) is 3.87. The van der Waals surface area contributed by atoms with Gasteiger partial charge in [-0.05, 0) is 19.8 Å².